The maximum Gasteiger partial charge on any atom is 0.256 e. The van der Waals surface area contributed by atoms with Gasteiger partial charge in [-0.25, -0.2) is 8.42 Å². The van der Waals surface area contributed by atoms with E-state index in [1.165, 1.54) is 17.5 Å². The van der Waals surface area contributed by atoms with Crippen LogP contribution in [0, 0.1) is 6.92 Å². The topological polar surface area (TPSA) is 88.6 Å². The number of ether oxygens (including phenoxy) is 1. The highest BCUT2D eigenvalue weighted by Gasteiger charge is 2.29. The summed E-state index contributed by atoms with van der Waals surface area (Å²) in [5.74, 6) is -0.0676. The highest BCUT2D eigenvalue weighted by Crippen LogP contribution is 2.31. The van der Waals surface area contributed by atoms with Crippen LogP contribution in [0.4, 0.5) is 5.69 Å². The Morgan fingerprint density at radius 1 is 1.06 bits per heavy atom. The Labute approximate surface area is 182 Å². The maximum atomic E-state index is 13.2. The monoisotopic (exact) mass is 439 g/mol. The van der Waals surface area contributed by atoms with Crippen molar-refractivity contribution in [3.8, 4) is 5.75 Å². The number of benzene rings is 2. The number of aryl methyl sites for hydroxylation is 1. The van der Waals surface area contributed by atoms with Crippen LogP contribution in [0.1, 0.15) is 35.3 Å². The average molecular weight is 440 g/mol. The third-order valence-electron chi connectivity index (χ3n) is 5.44. The number of aromatic nitrogens is 1. The summed E-state index contributed by atoms with van der Waals surface area (Å²) in [6.45, 7) is 2.81. The SMILES string of the molecule is COc1ccc(NC(=O)c2cc(C)nc3ccccc23)cc1S(=O)(=O)N1CCCCC1. The number of methoxy groups -OCH3 is 1. The number of anilines is 1. The number of para-hydroxylation sites is 1. The van der Waals surface area contributed by atoms with E-state index in [2.05, 4.69) is 10.3 Å². The average Bonchev–Trinajstić information content (AvgIpc) is 2.79. The number of rotatable bonds is 5. The molecule has 1 N–H and O–H groups in total. The summed E-state index contributed by atoms with van der Waals surface area (Å²) in [7, 11) is -2.28. The van der Waals surface area contributed by atoms with E-state index in [1.54, 1.807) is 18.2 Å². The first-order valence-electron chi connectivity index (χ1n) is 10.3. The van der Waals surface area contributed by atoms with Gasteiger partial charge >= 0.3 is 0 Å². The van der Waals surface area contributed by atoms with Gasteiger partial charge in [0.05, 0.1) is 18.2 Å². The van der Waals surface area contributed by atoms with Crippen molar-refractivity contribution < 1.29 is 17.9 Å². The van der Waals surface area contributed by atoms with E-state index in [4.69, 9.17) is 4.74 Å². The quantitative estimate of drug-likeness (QED) is 0.650. The van der Waals surface area contributed by atoms with Crippen molar-refractivity contribution in [2.75, 3.05) is 25.5 Å². The molecule has 1 fully saturated rings. The van der Waals surface area contributed by atoms with Crippen LogP contribution in [-0.2, 0) is 10.0 Å². The van der Waals surface area contributed by atoms with E-state index in [9.17, 15) is 13.2 Å². The van der Waals surface area contributed by atoms with Crippen molar-refractivity contribution in [3.05, 3.63) is 59.8 Å². The molecule has 0 aliphatic carbocycles. The van der Waals surface area contributed by atoms with Crippen LogP contribution in [0.25, 0.3) is 10.9 Å². The molecule has 1 aliphatic heterocycles. The molecule has 31 heavy (non-hydrogen) atoms. The maximum absolute atomic E-state index is 13.2. The first kappa shape index (κ1) is 21.3. The molecule has 7 nitrogen and oxygen atoms in total. The second-order valence-corrected chi connectivity index (χ2v) is 9.52. The number of fused-ring (bicyclic) bond motifs is 1. The number of pyridine rings is 1. The van der Waals surface area contributed by atoms with Gasteiger partial charge < -0.3 is 10.1 Å². The molecular weight excluding hydrogens is 414 g/mol. The molecule has 0 bridgehead atoms. The molecule has 1 amide bonds. The number of nitrogens with one attached hydrogen (secondary N) is 1. The molecule has 8 heteroatoms. The highest BCUT2D eigenvalue weighted by molar-refractivity contribution is 7.89. The molecule has 1 aromatic heterocycles. The molecular formula is C23H25N3O4S. The zero-order valence-electron chi connectivity index (χ0n) is 17.6. The van der Waals surface area contributed by atoms with Crippen LogP contribution in [0.15, 0.2) is 53.4 Å². The predicted molar refractivity (Wildman–Crippen MR) is 120 cm³/mol. The zero-order chi connectivity index (χ0) is 22.0. The van der Waals surface area contributed by atoms with Crippen molar-refractivity contribution in [1.29, 1.82) is 0 Å². The molecule has 1 aliphatic rings. The number of amides is 1. The van der Waals surface area contributed by atoms with E-state index in [-0.39, 0.29) is 16.6 Å². The molecule has 162 valence electrons. The lowest BCUT2D eigenvalue weighted by atomic mass is 10.1. The molecule has 1 saturated heterocycles. The normalized spacial score (nSPS) is 15.0. The Balaban J connectivity index is 1.69. The van der Waals surface area contributed by atoms with Gasteiger partial charge in [-0.3, -0.25) is 9.78 Å². The highest BCUT2D eigenvalue weighted by atomic mass is 32.2. The Kier molecular flexibility index (Phi) is 5.93. The smallest absolute Gasteiger partial charge is 0.256 e. The fourth-order valence-corrected chi connectivity index (χ4v) is 5.59. The first-order chi connectivity index (χ1) is 14.9. The van der Waals surface area contributed by atoms with E-state index >= 15 is 0 Å². The zero-order valence-corrected chi connectivity index (χ0v) is 18.4. The molecule has 0 saturated carbocycles. The summed E-state index contributed by atoms with van der Waals surface area (Å²) < 4.78 is 33.2. The Morgan fingerprint density at radius 3 is 2.55 bits per heavy atom. The molecule has 4 rings (SSSR count). The molecule has 0 unspecified atom stereocenters. The summed E-state index contributed by atoms with van der Waals surface area (Å²) in [5, 5.41) is 3.58. The predicted octanol–water partition coefficient (Wildman–Crippen LogP) is 3.98. The fourth-order valence-electron chi connectivity index (χ4n) is 3.89. The molecule has 3 aromatic rings. The van der Waals surface area contributed by atoms with Crippen molar-refractivity contribution >= 4 is 32.5 Å². The van der Waals surface area contributed by atoms with E-state index < -0.39 is 10.0 Å². The molecule has 0 atom stereocenters. The second kappa shape index (κ2) is 8.64. The van der Waals surface area contributed by atoms with Gasteiger partial charge in [0, 0.05) is 29.9 Å². The fraction of sp³-hybridized carbons (Fsp3) is 0.304. The lowest BCUT2D eigenvalue weighted by Crippen LogP contribution is -2.35. The third kappa shape index (κ3) is 4.26. The van der Waals surface area contributed by atoms with E-state index in [1.807, 2.05) is 31.2 Å². The summed E-state index contributed by atoms with van der Waals surface area (Å²) in [4.78, 5) is 17.6. The Bertz CT molecular complexity index is 1230. The molecule has 0 radical (unpaired) electrons. The molecule has 0 spiro atoms. The minimum atomic E-state index is -3.72. The van der Waals surface area contributed by atoms with Gasteiger partial charge in [0.25, 0.3) is 5.91 Å². The summed E-state index contributed by atoms with van der Waals surface area (Å²) in [6.07, 6.45) is 2.71. The van der Waals surface area contributed by atoms with Crippen LogP contribution >= 0.6 is 0 Å². The van der Waals surface area contributed by atoms with Gasteiger partial charge in [-0.2, -0.15) is 4.31 Å². The number of piperidine rings is 1. The molecule has 2 aromatic carbocycles. The Hall–Kier alpha value is -2.97. The van der Waals surface area contributed by atoms with Gasteiger partial charge in [0.2, 0.25) is 10.0 Å². The third-order valence-corrected chi connectivity index (χ3v) is 7.36. The first-order valence-corrected chi connectivity index (χ1v) is 11.7. The van der Waals surface area contributed by atoms with Crippen LogP contribution in [0.5, 0.6) is 5.75 Å². The van der Waals surface area contributed by atoms with Crippen molar-refractivity contribution in [1.82, 2.24) is 9.29 Å². The standard InChI is InChI=1S/C23H25N3O4S/c1-16-14-19(18-8-4-5-9-20(18)24-16)23(27)25-17-10-11-21(30-2)22(15-17)31(28,29)26-12-6-3-7-13-26/h4-5,8-11,14-15H,3,6-7,12-13H2,1-2H3,(H,25,27). The summed E-state index contributed by atoms with van der Waals surface area (Å²) in [6, 6.07) is 13.8. The van der Waals surface area contributed by atoms with Gasteiger partial charge in [-0.15, -0.1) is 0 Å². The second-order valence-electron chi connectivity index (χ2n) is 7.61. The Morgan fingerprint density at radius 2 is 1.81 bits per heavy atom. The van der Waals surface area contributed by atoms with Crippen molar-refractivity contribution in [2.24, 2.45) is 0 Å². The summed E-state index contributed by atoms with van der Waals surface area (Å²) in [5.41, 5.74) is 2.34. The number of carbonyl (C=O) groups is 1. The van der Waals surface area contributed by atoms with Crippen LogP contribution < -0.4 is 10.1 Å². The largest absolute Gasteiger partial charge is 0.495 e. The van der Waals surface area contributed by atoms with Crippen molar-refractivity contribution in [3.63, 3.8) is 0 Å². The van der Waals surface area contributed by atoms with Crippen LogP contribution in [-0.4, -0.2) is 43.8 Å². The number of hydrogen-bond donors (Lipinski definition) is 1. The lowest BCUT2D eigenvalue weighted by molar-refractivity contribution is 0.102. The van der Waals surface area contributed by atoms with Gasteiger partial charge in [-0.1, -0.05) is 24.6 Å². The van der Waals surface area contributed by atoms with Crippen LogP contribution in [0.3, 0.4) is 0 Å². The van der Waals surface area contributed by atoms with Gasteiger partial charge in [0.15, 0.2) is 0 Å². The number of hydrogen-bond acceptors (Lipinski definition) is 5. The van der Waals surface area contributed by atoms with E-state index in [0.717, 1.165) is 35.9 Å². The number of sulfonamides is 1. The minimum absolute atomic E-state index is 0.0606. The van der Waals surface area contributed by atoms with Crippen molar-refractivity contribution in [2.45, 2.75) is 31.1 Å². The number of nitrogens with zero attached hydrogens (tertiary/aromatic N) is 2. The van der Waals surface area contributed by atoms with Gasteiger partial charge in [0.1, 0.15) is 10.6 Å². The number of carbonyl (C=O) groups excluding carboxylic acids is 1. The van der Waals surface area contributed by atoms with Crippen LogP contribution in [0.2, 0.25) is 0 Å². The minimum Gasteiger partial charge on any atom is -0.495 e. The lowest BCUT2D eigenvalue weighted by Gasteiger charge is -2.26. The van der Waals surface area contributed by atoms with E-state index in [0.29, 0.717) is 24.3 Å². The molecule has 2 heterocycles. The summed E-state index contributed by atoms with van der Waals surface area (Å²) >= 11 is 0. The van der Waals surface area contributed by atoms with Gasteiger partial charge in [-0.05, 0) is 50.1 Å².